The molecule has 0 spiro atoms. The third-order valence-electron chi connectivity index (χ3n) is 4.96. The van der Waals surface area contributed by atoms with Crippen LogP contribution in [0.5, 0.6) is 0 Å². The third-order valence-corrected chi connectivity index (χ3v) is 6.92. The van der Waals surface area contributed by atoms with Crippen molar-refractivity contribution in [2.75, 3.05) is 31.9 Å². The molecule has 3 rings (SSSR count). The lowest BCUT2D eigenvalue weighted by Gasteiger charge is -2.34. The predicted molar refractivity (Wildman–Crippen MR) is 107 cm³/mol. The van der Waals surface area contributed by atoms with Gasteiger partial charge in [0.1, 0.15) is 0 Å². The Hall–Kier alpha value is -1.69. The first-order chi connectivity index (χ1) is 12.5. The van der Waals surface area contributed by atoms with Crippen molar-refractivity contribution in [3.8, 4) is 0 Å². The van der Waals surface area contributed by atoms with Gasteiger partial charge in [0.2, 0.25) is 10.0 Å². The van der Waals surface area contributed by atoms with Gasteiger partial charge >= 0.3 is 0 Å². The Morgan fingerprint density at radius 2 is 1.50 bits per heavy atom. The number of aryl methyl sites for hydroxylation is 2. The summed E-state index contributed by atoms with van der Waals surface area (Å²) in [6, 6.07) is 18.6. The van der Waals surface area contributed by atoms with E-state index in [2.05, 4.69) is 48.2 Å². The average molecular weight is 373 g/mol. The minimum atomic E-state index is -3.15. The summed E-state index contributed by atoms with van der Waals surface area (Å²) in [5, 5.41) is 0. The van der Waals surface area contributed by atoms with Crippen molar-refractivity contribution in [2.24, 2.45) is 0 Å². The van der Waals surface area contributed by atoms with Gasteiger partial charge in [0.15, 0.2) is 0 Å². The largest absolute Gasteiger partial charge is 0.296 e. The Morgan fingerprint density at radius 3 is 2.15 bits per heavy atom. The number of nitrogens with zero attached hydrogens (tertiary/aromatic N) is 2. The maximum atomic E-state index is 12.6. The standard InChI is InChI=1S/C21H28N2O2S/c1-19-9-11-21(12-10-19)18-22-13-15-23(16-14-22)26(24,25)17-5-8-20-6-3-2-4-7-20/h2-4,6-7,9-12H,5,8,13-18H2,1H3. The molecule has 1 heterocycles. The molecule has 0 saturated carbocycles. The molecule has 0 amide bonds. The summed E-state index contributed by atoms with van der Waals surface area (Å²) in [6.07, 6.45) is 1.49. The molecule has 5 heteroatoms. The molecule has 2 aromatic carbocycles. The van der Waals surface area contributed by atoms with Crippen molar-refractivity contribution in [1.82, 2.24) is 9.21 Å². The van der Waals surface area contributed by atoms with Crippen molar-refractivity contribution in [2.45, 2.75) is 26.3 Å². The molecule has 0 radical (unpaired) electrons. The van der Waals surface area contributed by atoms with E-state index in [9.17, 15) is 8.42 Å². The number of sulfonamides is 1. The number of piperazine rings is 1. The van der Waals surface area contributed by atoms with Gasteiger partial charge in [-0.05, 0) is 30.9 Å². The van der Waals surface area contributed by atoms with Crippen molar-refractivity contribution in [3.63, 3.8) is 0 Å². The Bertz CT molecular complexity index is 781. The summed E-state index contributed by atoms with van der Waals surface area (Å²) in [5.74, 6) is 0.236. The zero-order valence-electron chi connectivity index (χ0n) is 15.5. The van der Waals surface area contributed by atoms with Crippen molar-refractivity contribution in [3.05, 3.63) is 71.3 Å². The van der Waals surface area contributed by atoms with Crippen molar-refractivity contribution < 1.29 is 8.42 Å². The molecule has 1 saturated heterocycles. The van der Waals surface area contributed by atoms with Crippen LogP contribution in [0, 0.1) is 6.92 Å². The molecule has 0 aromatic heterocycles. The van der Waals surface area contributed by atoms with Crippen LogP contribution < -0.4 is 0 Å². The second-order valence-corrected chi connectivity index (χ2v) is 9.15. The molecule has 1 fully saturated rings. The smallest absolute Gasteiger partial charge is 0.214 e. The second-order valence-electron chi connectivity index (χ2n) is 7.07. The van der Waals surface area contributed by atoms with Gasteiger partial charge in [-0.1, -0.05) is 60.2 Å². The summed E-state index contributed by atoms with van der Waals surface area (Å²) in [7, 11) is -3.15. The van der Waals surface area contributed by atoms with Gasteiger partial charge in [0, 0.05) is 32.7 Å². The van der Waals surface area contributed by atoms with Crippen LogP contribution in [0.1, 0.15) is 23.1 Å². The number of hydrogen-bond acceptors (Lipinski definition) is 3. The van der Waals surface area contributed by atoms with Gasteiger partial charge in [-0.2, -0.15) is 4.31 Å². The second kappa shape index (κ2) is 8.80. The Kier molecular flexibility index (Phi) is 6.46. The Labute approximate surface area is 157 Å². The molecule has 4 nitrogen and oxygen atoms in total. The molecule has 2 aromatic rings. The lowest BCUT2D eigenvalue weighted by atomic mass is 10.1. The summed E-state index contributed by atoms with van der Waals surface area (Å²) < 4.78 is 26.8. The van der Waals surface area contributed by atoms with Gasteiger partial charge < -0.3 is 0 Å². The zero-order valence-corrected chi connectivity index (χ0v) is 16.3. The van der Waals surface area contributed by atoms with E-state index in [0.29, 0.717) is 19.5 Å². The monoisotopic (exact) mass is 372 g/mol. The van der Waals surface area contributed by atoms with Crippen LogP contribution in [-0.4, -0.2) is 49.6 Å². The van der Waals surface area contributed by atoms with Crippen LogP contribution in [0.2, 0.25) is 0 Å². The van der Waals surface area contributed by atoms with Crippen LogP contribution in [-0.2, 0) is 23.0 Å². The topological polar surface area (TPSA) is 40.6 Å². The van der Waals surface area contributed by atoms with Crippen molar-refractivity contribution in [1.29, 1.82) is 0 Å². The molecule has 0 aliphatic carbocycles. The Balaban J connectivity index is 1.44. The number of benzene rings is 2. The average Bonchev–Trinajstić information content (AvgIpc) is 2.65. The van der Waals surface area contributed by atoms with E-state index in [1.807, 2.05) is 18.2 Å². The summed E-state index contributed by atoms with van der Waals surface area (Å²) in [6.45, 7) is 5.77. The molecule has 140 valence electrons. The van der Waals surface area contributed by atoms with E-state index in [0.717, 1.165) is 26.1 Å². The highest BCUT2D eigenvalue weighted by molar-refractivity contribution is 7.89. The molecule has 1 aliphatic heterocycles. The maximum absolute atomic E-state index is 12.6. The van der Waals surface area contributed by atoms with E-state index in [4.69, 9.17) is 0 Å². The van der Waals surface area contributed by atoms with Gasteiger partial charge in [0.25, 0.3) is 0 Å². The van der Waals surface area contributed by atoms with Crippen LogP contribution in [0.4, 0.5) is 0 Å². The highest BCUT2D eigenvalue weighted by Crippen LogP contribution is 2.14. The summed E-state index contributed by atoms with van der Waals surface area (Å²) in [5.41, 5.74) is 3.75. The number of rotatable bonds is 7. The molecular formula is C21H28N2O2S. The van der Waals surface area contributed by atoms with Crippen LogP contribution >= 0.6 is 0 Å². The first kappa shape index (κ1) is 19.1. The normalized spacial score (nSPS) is 16.7. The highest BCUT2D eigenvalue weighted by Gasteiger charge is 2.26. The van der Waals surface area contributed by atoms with E-state index in [1.54, 1.807) is 4.31 Å². The zero-order chi connectivity index (χ0) is 18.4. The quantitative estimate of drug-likeness (QED) is 0.750. The summed E-state index contributed by atoms with van der Waals surface area (Å²) in [4.78, 5) is 2.33. The lowest BCUT2D eigenvalue weighted by molar-refractivity contribution is 0.181. The molecule has 0 atom stereocenters. The van der Waals surface area contributed by atoms with E-state index >= 15 is 0 Å². The van der Waals surface area contributed by atoms with Crippen LogP contribution in [0.15, 0.2) is 54.6 Å². The number of hydrogen-bond donors (Lipinski definition) is 0. The lowest BCUT2D eigenvalue weighted by Crippen LogP contribution is -2.48. The molecule has 0 unspecified atom stereocenters. The van der Waals surface area contributed by atoms with E-state index in [1.165, 1.54) is 16.7 Å². The molecular weight excluding hydrogens is 344 g/mol. The van der Waals surface area contributed by atoms with Gasteiger partial charge in [0.05, 0.1) is 5.75 Å². The molecule has 0 N–H and O–H groups in total. The van der Waals surface area contributed by atoms with E-state index in [-0.39, 0.29) is 5.75 Å². The van der Waals surface area contributed by atoms with Crippen LogP contribution in [0.25, 0.3) is 0 Å². The Morgan fingerprint density at radius 1 is 0.846 bits per heavy atom. The molecule has 0 bridgehead atoms. The fourth-order valence-electron chi connectivity index (χ4n) is 3.35. The fourth-order valence-corrected chi connectivity index (χ4v) is 4.84. The van der Waals surface area contributed by atoms with Crippen LogP contribution in [0.3, 0.4) is 0 Å². The van der Waals surface area contributed by atoms with Gasteiger partial charge in [-0.15, -0.1) is 0 Å². The van der Waals surface area contributed by atoms with E-state index < -0.39 is 10.0 Å². The molecule has 1 aliphatic rings. The maximum Gasteiger partial charge on any atom is 0.214 e. The SMILES string of the molecule is Cc1ccc(CN2CCN(S(=O)(=O)CCCc3ccccc3)CC2)cc1. The fraction of sp³-hybridized carbons (Fsp3) is 0.429. The predicted octanol–water partition coefficient (Wildman–Crippen LogP) is 3.08. The minimum Gasteiger partial charge on any atom is -0.296 e. The van der Waals surface area contributed by atoms with Crippen molar-refractivity contribution >= 4 is 10.0 Å². The first-order valence-electron chi connectivity index (χ1n) is 9.32. The van der Waals surface area contributed by atoms with Gasteiger partial charge in [-0.25, -0.2) is 8.42 Å². The first-order valence-corrected chi connectivity index (χ1v) is 10.9. The van der Waals surface area contributed by atoms with Gasteiger partial charge in [-0.3, -0.25) is 4.90 Å². The highest BCUT2D eigenvalue weighted by atomic mass is 32.2. The third kappa shape index (κ3) is 5.40. The molecule has 26 heavy (non-hydrogen) atoms. The minimum absolute atomic E-state index is 0.236. The summed E-state index contributed by atoms with van der Waals surface area (Å²) >= 11 is 0.